The summed E-state index contributed by atoms with van der Waals surface area (Å²) < 4.78 is 12.7. The highest BCUT2D eigenvalue weighted by atomic mass is 16.7. The molecule has 2 N–H and O–H groups in total. The summed E-state index contributed by atoms with van der Waals surface area (Å²) in [4.78, 5) is 12.5. The normalized spacial score (nSPS) is 16.8. The van der Waals surface area contributed by atoms with E-state index < -0.39 is 0 Å². The fourth-order valence-corrected chi connectivity index (χ4v) is 3.34. The van der Waals surface area contributed by atoms with E-state index in [1.807, 2.05) is 29.8 Å². The van der Waals surface area contributed by atoms with E-state index >= 15 is 0 Å². The third kappa shape index (κ3) is 3.05. The lowest BCUT2D eigenvalue weighted by Crippen LogP contribution is -2.30. The van der Waals surface area contributed by atoms with Gasteiger partial charge in [0.15, 0.2) is 17.2 Å². The third-order valence-corrected chi connectivity index (χ3v) is 4.71. The topological polar surface area (TPSA) is 90.3 Å². The van der Waals surface area contributed by atoms with Crippen molar-refractivity contribution < 1.29 is 14.3 Å². The van der Waals surface area contributed by atoms with Crippen molar-refractivity contribution in [2.75, 3.05) is 19.9 Å². The summed E-state index contributed by atoms with van der Waals surface area (Å²) in [5.41, 5.74) is 2.07. The number of fused-ring (bicyclic) bond motifs is 1. The Morgan fingerprint density at radius 3 is 3.04 bits per heavy atom. The highest BCUT2D eigenvalue weighted by Crippen LogP contribution is 2.35. The van der Waals surface area contributed by atoms with Crippen molar-refractivity contribution >= 4 is 5.91 Å². The molecule has 0 atom stereocenters. The molecule has 2 aliphatic rings. The van der Waals surface area contributed by atoms with Crippen LogP contribution in [0, 0.1) is 6.92 Å². The van der Waals surface area contributed by atoms with Gasteiger partial charge in [-0.3, -0.25) is 4.79 Å². The van der Waals surface area contributed by atoms with Crippen LogP contribution in [0.25, 0.3) is 0 Å². The molecule has 0 unspecified atom stereocenters. The Balaban J connectivity index is 1.45. The van der Waals surface area contributed by atoms with Crippen LogP contribution in [0.2, 0.25) is 0 Å². The predicted octanol–water partition coefficient (Wildman–Crippen LogP) is 1.17. The molecule has 1 fully saturated rings. The van der Waals surface area contributed by atoms with Crippen LogP contribution in [-0.2, 0) is 6.54 Å². The monoisotopic (exact) mass is 343 g/mol. The number of hydrogen-bond donors (Lipinski definition) is 2. The summed E-state index contributed by atoms with van der Waals surface area (Å²) in [6.45, 7) is 4.39. The zero-order valence-electron chi connectivity index (χ0n) is 14.1. The van der Waals surface area contributed by atoms with Crippen molar-refractivity contribution in [1.29, 1.82) is 0 Å². The van der Waals surface area contributed by atoms with Gasteiger partial charge in [0.25, 0.3) is 5.91 Å². The standard InChI is InChI=1S/C17H21N5O3/c1-11-15(20-21-22(11)13-5-7-18-8-6-13)17(23)19-9-12-3-2-4-14-16(12)25-10-24-14/h2-4,13,18H,5-10H2,1H3,(H,19,23). The molecule has 2 aromatic rings. The highest BCUT2D eigenvalue weighted by Gasteiger charge is 2.23. The number of nitrogens with zero attached hydrogens (tertiary/aromatic N) is 3. The molecule has 0 aliphatic carbocycles. The van der Waals surface area contributed by atoms with Crippen LogP contribution < -0.4 is 20.1 Å². The number of aromatic nitrogens is 3. The summed E-state index contributed by atoms with van der Waals surface area (Å²) >= 11 is 0. The number of nitrogens with one attached hydrogen (secondary N) is 2. The molecule has 1 saturated heterocycles. The number of carbonyl (C=O) groups is 1. The van der Waals surface area contributed by atoms with Gasteiger partial charge in [-0.05, 0) is 38.9 Å². The Bertz CT molecular complexity index is 783. The lowest BCUT2D eigenvalue weighted by atomic mass is 10.1. The Morgan fingerprint density at radius 2 is 2.20 bits per heavy atom. The fraction of sp³-hybridized carbons (Fsp3) is 0.471. The Hall–Kier alpha value is -2.61. The number of para-hydroxylation sites is 1. The lowest BCUT2D eigenvalue weighted by molar-refractivity contribution is 0.0945. The SMILES string of the molecule is Cc1c(C(=O)NCc2cccc3c2OCO3)nnn1C1CCNCC1. The van der Waals surface area contributed by atoms with Crippen molar-refractivity contribution in [1.82, 2.24) is 25.6 Å². The van der Waals surface area contributed by atoms with Gasteiger partial charge < -0.3 is 20.1 Å². The maximum Gasteiger partial charge on any atom is 0.274 e. The van der Waals surface area contributed by atoms with Crippen LogP contribution in [0.15, 0.2) is 18.2 Å². The zero-order valence-corrected chi connectivity index (χ0v) is 14.1. The first kappa shape index (κ1) is 15.9. The molecule has 8 nitrogen and oxygen atoms in total. The van der Waals surface area contributed by atoms with Gasteiger partial charge in [0.2, 0.25) is 6.79 Å². The van der Waals surface area contributed by atoms with Gasteiger partial charge in [-0.1, -0.05) is 17.3 Å². The van der Waals surface area contributed by atoms with E-state index in [0.29, 0.717) is 29.8 Å². The van der Waals surface area contributed by atoms with Crippen molar-refractivity contribution in [2.45, 2.75) is 32.4 Å². The molecule has 25 heavy (non-hydrogen) atoms. The number of carbonyl (C=O) groups excluding carboxylic acids is 1. The molecule has 3 heterocycles. The van der Waals surface area contributed by atoms with Gasteiger partial charge in [0.1, 0.15) is 0 Å². The molecule has 4 rings (SSSR count). The van der Waals surface area contributed by atoms with Crippen LogP contribution in [0.4, 0.5) is 0 Å². The van der Waals surface area contributed by atoms with E-state index in [0.717, 1.165) is 37.2 Å². The van der Waals surface area contributed by atoms with Gasteiger partial charge in [-0.2, -0.15) is 0 Å². The Morgan fingerprint density at radius 1 is 1.36 bits per heavy atom. The minimum atomic E-state index is -0.228. The first-order chi connectivity index (χ1) is 12.2. The van der Waals surface area contributed by atoms with E-state index in [2.05, 4.69) is 20.9 Å². The number of piperidine rings is 1. The molecule has 2 aliphatic heterocycles. The summed E-state index contributed by atoms with van der Waals surface area (Å²) in [6.07, 6.45) is 2.00. The summed E-state index contributed by atoms with van der Waals surface area (Å²) in [7, 11) is 0. The molecule has 0 spiro atoms. The second kappa shape index (κ2) is 6.72. The smallest absolute Gasteiger partial charge is 0.274 e. The maximum atomic E-state index is 12.5. The van der Waals surface area contributed by atoms with Gasteiger partial charge in [-0.25, -0.2) is 4.68 Å². The highest BCUT2D eigenvalue weighted by molar-refractivity contribution is 5.93. The third-order valence-electron chi connectivity index (χ3n) is 4.71. The summed E-state index contributed by atoms with van der Waals surface area (Å²) in [6, 6.07) is 5.95. The molecular weight excluding hydrogens is 322 g/mol. The molecule has 8 heteroatoms. The van der Waals surface area contributed by atoms with Gasteiger partial charge in [0.05, 0.1) is 11.7 Å². The summed E-state index contributed by atoms with van der Waals surface area (Å²) in [5, 5.41) is 14.5. The molecular formula is C17H21N5O3. The second-order valence-corrected chi connectivity index (χ2v) is 6.28. The largest absolute Gasteiger partial charge is 0.454 e. The molecule has 0 saturated carbocycles. The predicted molar refractivity (Wildman–Crippen MR) is 89.6 cm³/mol. The average molecular weight is 343 g/mol. The quantitative estimate of drug-likeness (QED) is 0.866. The minimum Gasteiger partial charge on any atom is -0.454 e. The van der Waals surface area contributed by atoms with Crippen LogP contribution in [0.5, 0.6) is 11.5 Å². The zero-order chi connectivity index (χ0) is 17.2. The van der Waals surface area contributed by atoms with E-state index in [1.54, 1.807) is 0 Å². The van der Waals surface area contributed by atoms with E-state index in [9.17, 15) is 4.79 Å². The van der Waals surface area contributed by atoms with Crippen molar-refractivity contribution in [3.63, 3.8) is 0 Å². The van der Waals surface area contributed by atoms with Crippen LogP contribution in [0.1, 0.15) is 40.6 Å². The first-order valence-electron chi connectivity index (χ1n) is 8.52. The van der Waals surface area contributed by atoms with Crippen molar-refractivity contribution in [3.05, 3.63) is 35.2 Å². The maximum absolute atomic E-state index is 12.5. The average Bonchev–Trinajstić information content (AvgIpc) is 3.27. The van der Waals surface area contributed by atoms with Gasteiger partial charge >= 0.3 is 0 Å². The Kier molecular flexibility index (Phi) is 4.27. The van der Waals surface area contributed by atoms with Crippen LogP contribution >= 0.6 is 0 Å². The molecule has 0 radical (unpaired) electrons. The van der Waals surface area contributed by atoms with E-state index in [4.69, 9.17) is 9.47 Å². The van der Waals surface area contributed by atoms with Gasteiger partial charge in [0, 0.05) is 12.1 Å². The van der Waals surface area contributed by atoms with Gasteiger partial charge in [-0.15, -0.1) is 5.10 Å². The number of rotatable bonds is 4. The van der Waals surface area contributed by atoms with Crippen molar-refractivity contribution in [3.8, 4) is 11.5 Å². The Labute approximate surface area is 145 Å². The number of amides is 1. The molecule has 0 bridgehead atoms. The number of benzene rings is 1. The summed E-state index contributed by atoms with van der Waals surface area (Å²) in [5.74, 6) is 1.17. The second-order valence-electron chi connectivity index (χ2n) is 6.28. The van der Waals surface area contributed by atoms with Crippen LogP contribution in [0.3, 0.4) is 0 Å². The molecule has 1 aromatic heterocycles. The number of ether oxygens (including phenoxy) is 2. The minimum absolute atomic E-state index is 0.212. The molecule has 1 amide bonds. The van der Waals surface area contributed by atoms with E-state index in [-0.39, 0.29) is 12.7 Å². The number of hydrogen-bond acceptors (Lipinski definition) is 6. The van der Waals surface area contributed by atoms with Crippen LogP contribution in [-0.4, -0.2) is 40.8 Å². The fourth-order valence-electron chi connectivity index (χ4n) is 3.34. The van der Waals surface area contributed by atoms with E-state index in [1.165, 1.54) is 0 Å². The molecule has 132 valence electrons. The van der Waals surface area contributed by atoms with Crippen molar-refractivity contribution in [2.24, 2.45) is 0 Å². The molecule has 1 aromatic carbocycles. The lowest BCUT2D eigenvalue weighted by Gasteiger charge is -2.23. The first-order valence-corrected chi connectivity index (χ1v) is 8.52.